The summed E-state index contributed by atoms with van der Waals surface area (Å²) in [6.45, 7) is 2.11. The molecule has 8 nitrogen and oxygen atoms in total. The molecular formula is C25H25N3O5S. The molecule has 2 N–H and O–H groups in total. The van der Waals surface area contributed by atoms with Crippen LogP contribution in [0.2, 0.25) is 0 Å². The number of carbonyl (C=O) groups is 2. The summed E-state index contributed by atoms with van der Waals surface area (Å²) in [5.41, 5.74) is 3.70. The molecule has 0 saturated heterocycles. The van der Waals surface area contributed by atoms with Crippen molar-refractivity contribution in [3.8, 4) is 5.75 Å². The van der Waals surface area contributed by atoms with E-state index in [1.165, 1.54) is 0 Å². The number of sulfonamides is 1. The molecule has 0 unspecified atom stereocenters. The van der Waals surface area contributed by atoms with Crippen molar-refractivity contribution in [1.29, 1.82) is 0 Å². The van der Waals surface area contributed by atoms with Crippen LogP contribution in [-0.4, -0.2) is 39.6 Å². The lowest BCUT2D eigenvalue weighted by Gasteiger charge is -2.18. The summed E-state index contributed by atoms with van der Waals surface area (Å²) in [5.74, 6) is 0.191. The molecule has 3 aromatic rings. The quantitative estimate of drug-likeness (QED) is 0.535. The number of nitrogens with zero attached hydrogens (tertiary/aromatic N) is 1. The number of methoxy groups -OCH3 is 1. The number of hydrogen-bond acceptors (Lipinski definition) is 5. The Balaban J connectivity index is 1.48. The van der Waals surface area contributed by atoms with Crippen LogP contribution in [0, 0.1) is 0 Å². The van der Waals surface area contributed by atoms with Gasteiger partial charge in [-0.3, -0.25) is 14.3 Å². The number of anilines is 3. The summed E-state index contributed by atoms with van der Waals surface area (Å²) >= 11 is 0. The Hall–Kier alpha value is -3.85. The fraction of sp³-hybridized carbons (Fsp3) is 0.200. The second-order valence-corrected chi connectivity index (χ2v) is 9.83. The number of hydrogen-bond donors (Lipinski definition) is 2. The smallest absolute Gasteiger partial charge is 0.258 e. The Kier molecular flexibility index (Phi) is 6.56. The number of fused-ring (bicyclic) bond motifs is 1. The van der Waals surface area contributed by atoms with Crippen LogP contribution in [0.3, 0.4) is 0 Å². The monoisotopic (exact) mass is 479 g/mol. The van der Waals surface area contributed by atoms with Gasteiger partial charge in [0.25, 0.3) is 11.8 Å². The van der Waals surface area contributed by atoms with Crippen molar-refractivity contribution in [2.45, 2.75) is 13.3 Å². The second kappa shape index (κ2) is 9.56. The SMILES string of the molecule is CCS(=O)(=O)Nc1ccc(C(=O)Nc2ccc3c(c2)N(C(=O)c2ccc(OC)cc2)CC3)cc1. The maximum Gasteiger partial charge on any atom is 0.258 e. The third-order valence-corrected chi connectivity index (χ3v) is 6.93. The van der Waals surface area contributed by atoms with E-state index in [1.807, 2.05) is 12.1 Å². The van der Waals surface area contributed by atoms with Crippen LogP contribution in [0.15, 0.2) is 66.7 Å². The van der Waals surface area contributed by atoms with Crippen molar-refractivity contribution in [3.05, 3.63) is 83.4 Å². The molecule has 3 aromatic carbocycles. The van der Waals surface area contributed by atoms with Gasteiger partial charge in [0, 0.05) is 34.7 Å². The minimum atomic E-state index is -3.39. The van der Waals surface area contributed by atoms with E-state index in [1.54, 1.807) is 73.5 Å². The van der Waals surface area contributed by atoms with Crippen LogP contribution >= 0.6 is 0 Å². The molecule has 1 aliphatic heterocycles. The van der Waals surface area contributed by atoms with Crippen LogP contribution in [0.1, 0.15) is 33.2 Å². The molecule has 0 saturated carbocycles. The van der Waals surface area contributed by atoms with Gasteiger partial charge in [0.1, 0.15) is 5.75 Å². The predicted octanol–water partition coefficient (Wildman–Crippen LogP) is 3.91. The first kappa shape index (κ1) is 23.3. The van der Waals surface area contributed by atoms with E-state index in [0.717, 1.165) is 17.7 Å². The Morgan fingerprint density at radius 2 is 1.59 bits per heavy atom. The Bertz CT molecular complexity index is 1320. The van der Waals surface area contributed by atoms with Gasteiger partial charge in [-0.25, -0.2) is 8.42 Å². The molecule has 34 heavy (non-hydrogen) atoms. The lowest BCUT2D eigenvalue weighted by Crippen LogP contribution is -2.28. The Morgan fingerprint density at radius 3 is 2.24 bits per heavy atom. The van der Waals surface area contributed by atoms with Gasteiger partial charge in [-0.05, 0) is 79.6 Å². The Morgan fingerprint density at radius 1 is 0.941 bits per heavy atom. The van der Waals surface area contributed by atoms with Crippen LogP contribution in [0.5, 0.6) is 5.75 Å². The molecule has 0 aliphatic carbocycles. The molecule has 0 spiro atoms. The molecule has 0 atom stereocenters. The zero-order chi connectivity index (χ0) is 24.3. The van der Waals surface area contributed by atoms with Crippen molar-refractivity contribution in [3.63, 3.8) is 0 Å². The van der Waals surface area contributed by atoms with Gasteiger partial charge in [-0.2, -0.15) is 0 Å². The lowest BCUT2D eigenvalue weighted by molar-refractivity contribution is 0.0988. The minimum Gasteiger partial charge on any atom is -0.497 e. The van der Waals surface area contributed by atoms with Gasteiger partial charge in [-0.1, -0.05) is 6.07 Å². The summed E-state index contributed by atoms with van der Waals surface area (Å²) in [6.07, 6.45) is 0.737. The molecule has 0 aromatic heterocycles. The third-order valence-electron chi connectivity index (χ3n) is 5.62. The fourth-order valence-corrected chi connectivity index (χ4v) is 4.34. The molecule has 9 heteroatoms. The fourth-order valence-electron chi connectivity index (χ4n) is 3.70. The van der Waals surface area contributed by atoms with Crippen LogP contribution in [-0.2, 0) is 16.4 Å². The number of carbonyl (C=O) groups excluding carboxylic acids is 2. The van der Waals surface area contributed by atoms with Gasteiger partial charge in [0.15, 0.2) is 0 Å². The zero-order valence-electron chi connectivity index (χ0n) is 18.9. The van der Waals surface area contributed by atoms with Crippen LogP contribution in [0.25, 0.3) is 0 Å². The van der Waals surface area contributed by atoms with Gasteiger partial charge >= 0.3 is 0 Å². The van der Waals surface area contributed by atoms with Gasteiger partial charge < -0.3 is 15.0 Å². The van der Waals surface area contributed by atoms with Gasteiger partial charge in [0.2, 0.25) is 10.0 Å². The summed E-state index contributed by atoms with van der Waals surface area (Å²) in [4.78, 5) is 27.5. The maximum absolute atomic E-state index is 13.1. The molecule has 1 heterocycles. The van der Waals surface area contributed by atoms with E-state index in [0.29, 0.717) is 34.8 Å². The third kappa shape index (κ3) is 5.04. The topological polar surface area (TPSA) is 105 Å². The van der Waals surface area contributed by atoms with E-state index in [-0.39, 0.29) is 17.6 Å². The molecule has 0 bridgehead atoms. The summed E-state index contributed by atoms with van der Waals surface area (Å²) < 4.78 is 31.0. The molecule has 176 valence electrons. The predicted molar refractivity (Wildman–Crippen MR) is 132 cm³/mol. The lowest BCUT2D eigenvalue weighted by atomic mass is 10.1. The Labute approximate surface area is 198 Å². The highest BCUT2D eigenvalue weighted by Crippen LogP contribution is 2.32. The average Bonchev–Trinajstić information content (AvgIpc) is 3.27. The van der Waals surface area contributed by atoms with Crippen molar-refractivity contribution >= 4 is 38.9 Å². The van der Waals surface area contributed by atoms with Crippen LogP contribution < -0.4 is 19.7 Å². The second-order valence-electron chi connectivity index (χ2n) is 7.82. The highest BCUT2D eigenvalue weighted by molar-refractivity contribution is 7.92. The van der Waals surface area contributed by atoms with Crippen molar-refractivity contribution in [2.24, 2.45) is 0 Å². The maximum atomic E-state index is 13.1. The normalized spacial score (nSPS) is 12.7. The van der Waals surface area contributed by atoms with E-state index >= 15 is 0 Å². The van der Waals surface area contributed by atoms with Crippen LogP contribution in [0.4, 0.5) is 17.1 Å². The van der Waals surface area contributed by atoms with E-state index in [2.05, 4.69) is 10.0 Å². The van der Waals surface area contributed by atoms with Crippen molar-refractivity contribution in [2.75, 3.05) is 34.3 Å². The van der Waals surface area contributed by atoms with Gasteiger partial charge in [0.05, 0.1) is 12.9 Å². The minimum absolute atomic E-state index is 0.0362. The largest absolute Gasteiger partial charge is 0.497 e. The summed E-state index contributed by atoms with van der Waals surface area (Å²) in [5, 5.41) is 2.85. The average molecular weight is 480 g/mol. The molecule has 1 aliphatic rings. The summed E-state index contributed by atoms with van der Waals surface area (Å²) in [7, 11) is -1.81. The van der Waals surface area contributed by atoms with E-state index in [9.17, 15) is 18.0 Å². The highest BCUT2D eigenvalue weighted by atomic mass is 32.2. The van der Waals surface area contributed by atoms with Gasteiger partial charge in [-0.15, -0.1) is 0 Å². The van der Waals surface area contributed by atoms with Crippen molar-refractivity contribution in [1.82, 2.24) is 0 Å². The van der Waals surface area contributed by atoms with Crippen molar-refractivity contribution < 1.29 is 22.7 Å². The number of ether oxygens (including phenoxy) is 1. The molecule has 0 fully saturated rings. The van der Waals surface area contributed by atoms with E-state index in [4.69, 9.17) is 4.74 Å². The molecular weight excluding hydrogens is 454 g/mol. The first-order chi connectivity index (χ1) is 16.3. The highest BCUT2D eigenvalue weighted by Gasteiger charge is 2.26. The number of amides is 2. The van der Waals surface area contributed by atoms with E-state index < -0.39 is 10.0 Å². The number of nitrogens with one attached hydrogen (secondary N) is 2. The number of rotatable bonds is 7. The first-order valence-electron chi connectivity index (χ1n) is 10.8. The molecule has 2 amide bonds. The first-order valence-corrected chi connectivity index (χ1v) is 12.5. The molecule has 4 rings (SSSR count). The zero-order valence-corrected chi connectivity index (χ0v) is 19.7. The summed E-state index contributed by atoms with van der Waals surface area (Å²) in [6, 6.07) is 18.7. The number of benzene rings is 3. The standard InChI is InChI=1S/C25H25N3O5S/c1-3-34(31,32)27-20-9-5-18(6-10-20)24(29)26-21-11-4-17-14-15-28(23(17)16-21)25(30)19-7-12-22(33-2)13-8-19/h4-13,16,27H,3,14-15H2,1-2H3,(H,26,29). The molecule has 0 radical (unpaired) electrons.